The SMILES string of the molecule is CCC(CC)C(C)Nc1ccc(N)c2cc(Br)cnc12. The molecule has 2 rings (SSSR count). The molecule has 0 bridgehead atoms. The first-order valence-corrected chi connectivity index (χ1v) is 7.96. The molecule has 3 nitrogen and oxygen atoms in total. The Kier molecular flexibility index (Phi) is 4.86. The average molecular weight is 336 g/mol. The Hall–Kier alpha value is -1.29. The minimum Gasteiger partial charge on any atom is -0.398 e. The van der Waals surface area contributed by atoms with Crippen molar-refractivity contribution >= 4 is 38.2 Å². The molecule has 1 aromatic heterocycles. The summed E-state index contributed by atoms with van der Waals surface area (Å²) in [6.45, 7) is 6.71. The molecule has 0 radical (unpaired) electrons. The van der Waals surface area contributed by atoms with Gasteiger partial charge in [0, 0.05) is 27.8 Å². The third-order valence-corrected chi connectivity index (χ3v) is 4.42. The number of benzene rings is 1. The summed E-state index contributed by atoms with van der Waals surface area (Å²) < 4.78 is 0.946. The number of nitrogens with zero attached hydrogens (tertiary/aromatic N) is 1. The second kappa shape index (κ2) is 6.44. The number of fused-ring (bicyclic) bond motifs is 1. The summed E-state index contributed by atoms with van der Waals surface area (Å²) in [5, 5.41) is 4.59. The summed E-state index contributed by atoms with van der Waals surface area (Å²) in [5.41, 5.74) is 8.80. The van der Waals surface area contributed by atoms with E-state index in [1.54, 1.807) is 0 Å². The fraction of sp³-hybridized carbons (Fsp3) is 0.438. The maximum absolute atomic E-state index is 6.05. The van der Waals surface area contributed by atoms with E-state index < -0.39 is 0 Å². The smallest absolute Gasteiger partial charge is 0.0954 e. The van der Waals surface area contributed by atoms with Crippen LogP contribution < -0.4 is 11.1 Å². The summed E-state index contributed by atoms with van der Waals surface area (Å²) in [4.78, 5) is 4.52. The van der Waals surface area contributed by atoms with Gasteiger partial charge in [-0.05, 0) is 47.0 Å². The van der Waals surface area contributed by atoms with Crippen LogP contribution in [0.2, 0.25) is 0 Å². The average Bonchev–Trinajstić information content (AvgIpc) is 2.43. The molecule has 0 saturated carbocycles. The van der Waals surface area contributed by atoms with E-state index in [0.717, 1.165) is 26.8 Å². The lowest BCUT2D eigenvalue weighted by Gasteiger charge is -2.24. The standard InChI is InChI=1S/C16H22BrN3/c1-4-11(5-2)10(3)20-15-7-6-14(18)13-8-12(17)9-19-16(13)15/h6-11,20H,4-5,18H2,1-3H3. The molecule has 0 saturated heterocycles. The zero-order valence-electron chi connectivity index (χ0n) is 12.3. The largest absolute Gasteiger partial charge is 0.398 e. The first-order chi connectivity index (χ1) is 9.56. The maximum Gasteiger partial charge on any atom is 0.0954 e. The number of halogens is 1. The topological polar surface area (TPSA) is 50.9 Å². The monoisotopic (exact) mass is 335 g/mol. The molecule has 1 unspecified atom stereocenters. The maximum atomic E-state index is 6.05. The van der Waals surface area contributed by atoms with Crippen molar-refractivity contribution in [2.45, 2.75) is 39.7 Å². The number of nitrogen functional groups attached to an aromatic ring is 1. The molecule has 0 amide bonds. The van der Waals surface area contributed by atoms with Gasteiger partial charge in [-0.15, -0.1) is 0 Å². The predicted molar refractivity (Wildman–Crippen MR) is 91.0 cm³/mol. The summed E-state index contributed by atoms with van der Waals surface area (Å²) in [6.07, 6.45) is 4.17. The van der Waals surface area contributed by atoms with Crippen LogP contribution in [0.3, 0.4) is 0 Å². The fourth-order valence-electron chi connectivity index (χ4n) is 2.69. The Morgan fingerprint density at radius 2 is 2.00 bits per heavy atom. The van der Waals surface area contributed by atoms with Crippen LogP contribution in [0, 0.1) is 5.92 Å². The van der Waals surface area contributed by atoms with Crippen molar-refractivity contribution in [3.8, 4) is 0 Å². The highest BCUT2D eigenvalue weighted by atomic mass is 79.9. The van der Waals surface area contributed by atoms with Gasteiger partial charge in [0.1, 0.15) is 0 Å². The molecular formula is C16H22BrN3. The highest BCUT2D eigenvalue weighted by molar-refractivity contribution is 9.10. The number of hydrogen-bond acceptors (Lipinski definition) is 3. The van der Waals surface area contributed by atoms with Crippen molar-refractivity contribution in [3.05, 3.63) is 28.9 Å². The first kappa shape index (κ1) is 15.1. The van der Waals surface area contributed by atoms with Crippen LogP contribution in [-0.2, 0) is 0 Å². The van der Waals surface area contributed by atoms with E-state index >= 15 is 0 Å². The first-order valence-electron chi connectivity index (χ1n) is 7.17. The van der Waals surface area contributed by atoms with Crippen LogP contribution in [0.25, 0.3) is 10.9 Å². The zero-order chi connectivity index (χ0) is 14.7. The van der Waals surface area contributed by atoms with Gasteiger partial charge in [0.05, 0.1) is 11.2 Å². The van der Waals surface area contributed by atoms with Crippen molar-refractivity contribution < 1.29 is 0 Å². The molecule has 0 spiro atoms. The Morgan fingerprint density at radius 1 is 1.30 bits per heavy atom. The van der Waals surface area contributed by atoms with Gasteiger partial charge >= 0.3 is 0 Å². The molecule has 108 valence electrons. The lowest BCUT2D eigenvalue weighted by molar-refractivity contribution is 0.438. The van der Waals surface area contributed by atoms with E-state index in [9.17, 15) is 0 Å². The Labute approximate surface area is 129 Å². The Bertz CT molecular complexity index is 594. The summed E-state index contributed by atoms with van der Waals surface area (Å²) in [7, 11) is 0. The molecule has 0 aliphatic rings. The van der Waals surface area contributed by atoms with Crippen LogP contribution in [0.15, 0.2) is 28.9 Å². The molecule has 20 heavy (non-hydrogen) atoms. The normalized spacial score (nSPS) is 12.8. The van der Waals surface area contributed by atoms with Gasteiger partial charge < -0.3 is 11.1 Å². The van der Waals surface area contributed by atoms with Crippen molar-refractivity contribution in [3.63, 3.8) is 0 Å². The van der Waals surface area contributed by atoms with Crippen LogP contribution in [-0.4, -0.2) is 11.0 Å². The third-order valence-electron chi connectivity index (χ3n) is 3.99. The Morgan fingerprint density at radius 3 is 2.65 bits per heavy atom. The van der Waals surface area contributed by atoms with Crippen molar-refractivity contribution in [2.24, 2.45) is 5.92 Å². The van der Waals surface area contributed by atoms with Gasteiger partial charge in [0.15, 0.2) is 0 Å². The molecule has 0 fully saturated rings. The highest BCUT2D eigenvalue weighted by Gasteiger charge is 2.15. The summed E-state index contributed by atoms with van der Waals surface area (Å²) >= 11 is 3.45. The second-order valence-electron chi connectivity index (χ2n) is 5.26. The molecule has 1 aromatic carbocycles. The Balaban J connectivity index is 2.38. The number of rotatable bonds is 5. The van der Waals surface area contributed by atoms with Gasteiger partial charge in [-0.3, -0.25) is 4.98 Å². The van der Waals surface area contributed by atoms with Crippen molar-refractivity contribution in [1.29, 1.82) is 0 Å². The number of nitrogens with two attached hydrogens (primary N) is 1. The molecule has 0 aliphatic carbocycles. The van der Waals surface area contributed by atoms with E-state index in [2.05, 4.69) is 47.0 Å². The molecular weight excluding hydrogens is 314 g/mol. The zero-order valence-corrected chi connectivity index (χ0v) is 13.9. The van der Waals surface area contributed by atoms with E-state index in [1.165, 1.54) is 12.8 Å². The molecule has 3 N–H and O–H groups in total. The van der Waals surface area contributed by atoms with E-state index in [-0.39, 0.29) is 0 Å². The minimum absolute atomic E-state index is 0.419. The van der Waals surface area contributed by atoms with Crippen LogP contribution in [0.4, 0.5) is 11.4 Å². The number of pyridine rings is 1. The van der Waals surface area contributed by atoms with Crippen LogP contribution in [0.5, 0.6) is 0 Å². The number of aromatic nitrogens is 1. The van der Waals surface area contributed by atoms with Crippen molar-refractivity contribution in [1.82, 2.24) is 4.98 Å². The predicted octanol–water partition coefficient (Wildman–Crippen LogP) is 4.82. The van der Waals surface area contributed by atoms with E-state index in [4.69, 9.17) is 5.73 Å². The molecule has 1 atom stereocenters. The molecule has 0 aliphatic heterocycles. The van der Waals surface area contributed by atoms with Crippen LogP contribution in [0.1, 0.15) is 33.6 Å². The quantitative estimate of drug-likeness (QED) is 0.770. The molecule has 2 aromatic rings. The van der Waals surface area contributed by atoms with Gasteiger partial charge in [0.25, 0.3) is 0 Å². The highest BCUT2D eigenvalue weighted by Crippen LogP contribution is 2.30. The fourth-order valence-corrected chi connectivity index (χ4v) is 3.02. The van der Waals surface area contributed by atoms with Gasteiger partial charge in [-0.1, -0.05) is 26.7 Å². The molecule has 1 heterocycles. The number of hydrogen-bond donors (Lipinski definition) is 2. The van der Waals surface area contributed by atoms with Gasteiger partial charge in [-0.25, -0.2) is 0 Å². The number of nitrogens with one attached hydrogen (secondary N) is 1. The van der Waals surface area contributed by atoms with Gasteiger partial charge in [0.2, 0.25) is 0 Å². The van der Waals surface area contributed by atoms with E-state index in [0.29, 0.717) is 12.0 Å². The lowest BCUT2D eigenvalue weighted by Crippen LogP contribution is -2.25. The lowest BCUT2D eigenvalue weighted by atomic mass is 9.95. The van der Waals surface area contributed by atoms with E-state index in [1.807, 2.05) is 24.4 Å². The minimum atomic E-state index is 0.419. The summed E-state index contributed by atoms with van der Waals surface area (Å²) in [5.74, 6) is 0.665. The van der Waals surface area contributed by atoms with Crippen molar-refractivity contribution in [2.75, 3.05) is 11.1 Å². The second-order valence-corrected chi connectivity index (χ2v) is 6.18. The number of anilines is 2. The summed E-state index contributed by atoms with van der Waals surface area (Å²) in [6, 6.07) is 6.41. The van der Waals surface area contributed by atoms with Gasteiger partial charge in [-0.2, -0.15) is 0 Å². The third kappa shape index (κ3) is 3.06. The van der Waals surface area contributed by atoms with Crippen LogP contribution >= 0.6 is 15.9 Å². The molecule has 4 heteroatoms.